The molecule has 6 rings (SSSR count). The van der Waals surface area contributed by atoms with E-state index >= 15 is 0 Å². The van der Waals surface area contributed by atoms with Crippen LogP contribution in [0.5, 0.6) is 5.75 Å². The molecule has 0 saturated carbocycles. The third-order valence-electron chi connectivity index (χ3n) is 8.11. The highest BCUT2D eigenvalue weighted by molar-refractivity contribution is 7.86. The lowest BCUT2D eigenvalue weighted by molar-refractivity contribution is 0.472. The third kappa shape index (κ3) is 10.4. The van der Waals surface area contributed by atoms with Gasteiger partial charge < -0.3 is 21.1 Å². The van der Waals surface area contributed by atoms with Crippen LogP contribution in [0.25, 0.3) is 10.8 Å². The third-order valence-corrected chi connectivity index (χ3v) is 11.9. The molecule has 0 aliphatic heterocycles. The van der Waals surface area contributed by atoms with Crippen molar-refractivity contribution < 1.29 is 57.0 Å². The molecule has 0 radical (unpaired) electrons. The number of phenols is 1. The van der Waals surface area contributed by atoms with Crippen molar-refractivity contribution in [3.8, 4) is 5.75 Å². The van der Waals surface area contributed by atoms with E-state index in [1.807, 2.05) is 0 Å². The maximum absolute atomic E-state index is 12.6. The quantitative estimate of drug-likeness (QED) is 0.0465. The van der Waals surface area contributed by atoms with E-state index < -0.39 is 105 Å². The number of rotatable bonds is 13. The molecule has 2 heterocycles. The molecule has 0 spiro atoms. The number of phenolic OH excluding ortho intramolecular Hbond substituents is 1. The van der Waals surface area contributed by atoms with Gasteiger partial charge in [-0.1, -0.05) is 19.9 Å². The van der Waals surface area contributed by atoms with Crippen LogP contribution in [0, 0.1) is 6.92 Å². The van der Waals surface area contributed by atoms with Crippen molar-refractivity contribution >= 4 is 121 Å². The Labute approximate surface area is 360 Å². The number of hydrogen-bond donors (Lipinski definition) is 8. The number of aromatic nitrogens is 6. The average molecular weight is 973 g/mol. The summed E-state index contributed by atoms with van der Waals surface area (Å²) in [5.41, 5.74) is -1.85. The van der Waals surface area contributed by atoms with Crippen molar-refractivity contribution in [1.82, 2.24) is 29.9 Å². The SMILES string of the molecule is Cc1ccc(N=Nc2c(S(=O)(=O)O)cc3cc(S(=O)(=O)O)cc(Nc4nc(Cl)nc(Nc5ccc(S(=O)(=O)O)c(Nc6nc(Cl)nc(C(C)C)n6)c5)n4)c3c2O)c(S(=O)(=O)O)c1. The fraction of sp³-hybridized carbons (Fsp3) is 0.125. The van der Waals surface area contributed by atoms with Gasteiger partial charge in [0.25, 0.3) is 40.5 Å². The van der Waals surface area contributed by atoms with Gasteiger partial charge in [-0.25, -0.2) is 4.98 Å². The molecule has 4 aromatic carbocycles. The molecule has 62 heavy (non-hydrogen) atoms. The van der Waals surface area contributed by atoms with Crippen LogP contribution in [-0.2, 0) is 40.5 Å². The molecule has 2 aromatic heterocycles. The van der Waals surface area contributed by atoms with Crippen LogP contribution in [0.15, 0.2) is 84.4 Å². The predicted octanol–water partition coefficient (Wildman–Crippen LogP) is 6.29. The molecule has 0 aliphatic rings. The summed E-state index contributed by atoms with van der Waals surface area (Å²) in [6.45, 7) is 5.03. The predicted molar refractivity (Wildman–Crippen MR) is 220 cm³/mol. The minimum Gasteiger partial charge on any atom is -0.505 e. The van der Waals surface area contributed by atoms with Gasteiger partial charge >= 0.3 is 0 Å². The molecular weight excluding hydrogens is 946 g/mol. The van der Waals surface area contributed by atoms with E-state index in [1.54, 1.807) is 13.8 Å². The first-order valence-electron chi connectivity index (χ1n) is 16.7. The number of hydrogen-bond acceptors (Lipinski definition) is 20. The molecule has 0 fully saturated rings. The Morgan fingerprint density at radius 3 is 1.77 bits per heavy atom. The van der Waals surface area contributed by atoms with Crippen LogP contribution in [-0.4, -0.2) is 86.9 Å². The summed E-state index contributed by atoms with van der Waals surface area (Å²) < 4.78 is 138. The van der Waals surface area contributed by atoms with Crippen LogP contribution in [0.1, 0.15) is 31.2 Å². The van der Waals surface area contributed by atoms with Crippen molar-refractivity contribution in [3.63, 3.8) is 0 Å². The lowest BCUT2D eigenvalue weighted by Gasteiger charge is -2.15. The van der Waals surface area contributed by atoms with Gasteiger partial charge in [0, 0.05) is 17.0 Å². The highest BCUT2D eigenvalue weighted by atomic mass is 35.5. The Kier molecular flexibility index (Phi) is 12.4. The number of benzene rings is 4. The van der Waals surface area contributed by atoms with Gasteiger partial charge in [-0.3, -0.25) is 18.2 Å². The van der Waals surface area contributed by atoms with Gasteiger partial charge in [-0.05, 0) is 89.6 Å². The lowest BCUT2D eigenvalue weighted by Crippen LogP contribution is -2.09. The Hall–Kier alpha value is -5.82. The minimum absolute atomic E-state index is 0.0484. The summed E-state index contributed by atoms with van der Waals surface area (Å²) >= 11 is 12.2. The Balaban J connectivity index is 1.46. The summed E-state index contributed by atoms with van der Waals surface area (Å²) in [5.74, 6) is -2.11. The number of fused-ring (bicyclic) bond motifs is 1. The molecule has 6 aromatic rings. The molecule has 0 atom stereocenters. The number of aryl methyl sites for hydroxylation is 1. The van der Waals surface area contributed by atoms with E-state index in [1.165, 1.54) is 25.1 Å². The number of anilines is 6. The first-order chi connectivity index (χ1) is 28.7. The van der Waals surface area contributed by atoms with Crippen molar-refractivity contribution in [2.45, 2.75) is 46.3 Å². The van der Waals surface area contributed by atoms with Crippen molar-refractivity contribution in [1.29, 1.82) is 0 Å². The molecule has 0 bridgehead atoms. The fourth-order valence-electron chi connectivity index (χ4n) is 5.46. The van der Waals surface area contributed by atoms with Crippen LogP contribution < -0.4 is 16.0 Å². The van der Waals surface area contributed by atoms with E-state index in [0.29, 0.717) is 11.6 Å². The molecule has 0 amide bonds. The lowest BCUT2D eigenvalue weighted by atomic mass is 10.1. The molecule has 0 unspecified atom stereocenters. The number of azo groups is 1. The van der Waals surface area contributed by atoms with Crippen LogP contribution in [0.2, 0.25) is 10.6 Å². The minimum atomic E-state index is -5.34. The number of nitrogens with zero attached hydrogens (tertiary/aromatic N) is 8. The molecular formula is C32H27Cl2N11O13S4. The van der Waals surface area contributed by atoms with E-state index in [2.05, 4.69) is 56.1 Å². The summed E-state index contributed by atoms with van der Waals surface area (Å²) in [7, 11) is -20.2. The average Bonchev–Trinajstić information content (AvgIpc) is 3.12. The molecule has 30 heteroatoms. The second-order valence-corrected chi connectivity index (χ2v) is 19.3. The second kappa shape index (κ2) is 16.8. The summed E-state index contributed by atoms with van der Waals surface area (Å²) in [5, 5.41) is 25.2. The van der Waals surface area contributed by atoms with E-state index in [9.17, 15) is 57.0 Å². The highest BCUT2D eigenvalue weighted by Gasteiger charge is 2.27. The van der Waals surface area contributed by atoms with Gasteiger partial charge in [-0.15, -0.1) is 10.2 Å². The zero-order valence-electron chi connectivity index (χ0n) is 31.2. The van der Waals surface area contributed by atoms with Crippen LogP contribution in [0.3, 0.4) is 0 Å². The van der Waals surface area contributed by atoms with Gasteiger partial charge in [-0.2, -0.15) is 58.6 Å². The summed E-state index contributed by atoms with van der Waals surface area (Å²) in [6.07, 6.45) is 0. The van der Waals surface area contributed by atoms with Crippen LogP contribution >= 0.6 is 23.2 Å². The standard InChI is InChI=1S/C32H27Cl2N11O13S4/c1-13(2)27-38-28(33)40-31(39-27)36-19-11-16(5-7-21(19)60(50,51)52)35-30-41-29(34)42-32(43-30)37-20-12-17(59(47,48)49)9-15-10-23(62(56,57)58)25(26(46)24(15)20)45-44-18-6-4-14(3)8-22(18)61(53,54)55/h4-13,46H,1-3H3,(H,47,48,49)(H,50,51,52)(H,53,54,55)(H,56,57,58)(H,36,38,39,40)(H2,35,37,41,42,43). The molecule has 0 saturated heterocycles. The molecule has 326 valence electrons. The van der Waals surface area contributed by atoms with Crippen LogP contribution in [0.4, 0.5) is 46.3 Å². The fourth-order valence-corrected chi connectivity index (χ4v) is 8.32. The zero-order chi connectivity index (χ0) is 45.7. The Morgan fingerprint density at radius 2 is 1.18 bits per heavy atom. The van der Waals surface area contributed by atoms with Crippen molar-refractivity contribution in [3.05, 3.63) is 76.6 Å². The van der Waals surface area contributed by atoms with Gasteiger partial charge in [0.2, 0.25) is 28.4 Å². The number of nitrogens with one attached hydrogen (secondary N) is 3. The summed E-state index contributed by atoms with van der Waals surface area (Å²) in [6, 6.07) is 9.01. The highest BCUT2D eigenvalue weighted by Crippen LogP contribution is 2.46. The van der Waals surface area contributed by atoms with Crippen molar-refractivity contribution in [2.24, 2.45) is 10.2 Å². The van der Waals surface area contributed by atoms with Gasteiger partial charge in [0.05, 0.1) is 16.3 Å². The van der Waals surface area contributed by atoms with Gasteiger partial charge in [0.1, 0.15) is 31.9 Å². The maximum Gasteiger partial charge on any atom is 0.296 e. The van der Waals surface area contributed by atoms with E-state index in [4.69, 9.17) is 23.2 Å². The molecule has 24 nitrogen and oxygen atoms in total. The normalized spacial score (nSPS) is 12.6. The molecule has 0 aliphatic carbocycles. The Morgan fingerprint density at radius 1 is 0.597 bits per heavy atom. The monoisotopic (exact) mass is 971 g/mol. The smallest absolute Gasteiger partial charge is 0.296 e. The van der Waals surface area contributed by atoms with Crippen molar-refractivity contribution in [2.75, 3.05) is 16.0 Å². The Bertz CT molecular complexity index is 3330. The second-order valence-electron chi connectivity index (χ2n) is 13.0. The van der Waals surface area contributed by atoms with E-state index in [0.717, 1.165) is 30.3 Å². The largest absolute Gasteiger partial charge is 0.505 e. The molecule has 8 N–H and O–H groups in total. The first kappa shape index (κ1) is 45.7. The number of halogens is 2. The van der Waals surface area contributed by atoms with E-state index in [-0.39, 0.29) is 40.3 Å². The zero-order valence-corrected chi connectivity index (χ0v) is 36.0. The summed E-state index contributed by atoms with van der Waals surface area (Å²) in [4.78, 5) is 20.8. The first-order valence-corrected chi connectivity index (χ1v) is 23.2. The van der Waals surface area contributed by atoms with Gasteiger partial charge in [0.15, 0.2) is 5.75 Å². The maximum atomic E-state index is 12.6. The number of aromatic hydroxyl groups is 1. The topological polar surface area (TPSA) is 376 Å².